The van der Waals surface area contributed by atoms with Gasteiger partial charge in [0, 0.05) is 25.6 Å². The van der Waals surface area contributed by atoms with Crippen molar-refractivity contribution in [1.29, 1.82) is 0 Å². The van der Waals surface area contributed by atoms with Crippen LogP contribution in [0.25, 0.3) is 0 Å². The fourth-order valence-corrected chi connectivity index (χ4v) is 3.70. The zero-order valence-corrected chi connectivity index (χ0v) is 19.2. The van der Waals surface area contributed by atoms with Crippen molar-refractivity contribution >= 4 is 17.9 Å². The first-order valence-corrected chi connectivity index (χ1v) is 10.4. The van der Waals surface area contributed by atoms with Gasteiger partial charge in [-0.15, -0.1) is 6.58 Å². The molecule has 0 spiro atoms. The predicted octanol–water partition coefficient (Wildman–Crippen LogP) is 3.39. The monoisotopic (exact) mass is 409 g/mol. The van der Waals surface area contributed by atoms with Gasteiger partial charge in [0.05, 0.1) is 0 Å². The Hall–Kier alpha value is -2.05. The SMILES string of the molecule is C=CCC[C@@](NC(C)=O)(C(=O)NC(C)(C)C)C1CCN(C(=O)OC(C)(C)C)CC1. The highest BCUT2D eigenvalue weighted by Gasteiger charge is 2.48. The molecular formula is C22H39N3O4. The molecule has 166 valence electrons. The van der Waals surface area contributed by atoms with E-state index < -0.39 is 16.7 Å². The third kappa shape index (κ3) is 7.71. The number of likely N-dealkylation sites (tertiary alicyclic amines) is 1. The molecule has 1 aliphatic rings. The third-order valence-corrected chi connectivity index (χ3v) is 4.88. The lowest BCUT2D eigenvalue weighted by Crippen LogP contribution is -2.66. The predicted molar refractivity (Wildman–Crippen MR) is 114 cm³/mol. The zero-order chi connectivity index (χ0) is 22.5. The van der Waals surface area contributed by atoms with Gasteiger partial charge in [-0.2, -0.15) is 0 Å². The number of nitrogens with one attached hydrogen (secondary N) is 2. The lowest BCUT2D eigenvalue weighted by atomic mass is 9.73. The topological polar surface area (TPSA) is 87.7 Å². The fourth-order valence-electron chi connectivity index (χ4n) is 3.70. The van der Waals surface area contributed by atoms with Gasteiger partial charge in [-0.3, -0.25) is 9.59 Å². The molecule has 1 heterocycles. The third-order valence-electron chi connectivity index (χ3n) is 4.88. The first-order valence-electron chi connectivity index (χ1n) is 10.4. The van der Waals surface area contributed by atoms with Crippen LogP contribution < -0.4 is 10.6 Å². The highest BCUT2D eigenvalue weighted by molar-refractivity contribution is 5.91. The van der Waals surface area contributed by atoms with E-state index in [0.29, 0.717) is 38.8 Å². The summed E-state index contributed by atoms with van der Waals surface area (Å²) in [5, 5.41) is 6.01. The molecule has 29 heavy (non-hydrogen) atoms. The highest BCUT2D eigenvalue weighted by Crippen LogP contribution is 2.34. The van der Waals surface area contributed by atoms with E-state index in [1.807, 2.05) is 41.5 Å². The molecule has 7 nitrogen and oxygen atoms in total. The summed E-state index contributed by atoms with van der Waals surface area (Å²) >= 11 is 0. The molecule has 0 bridgehead atoms. The second-order valence-electron chi connectivity index (χ2n) is 9.93. The molecular weight excluding hydrogens is 370 g/mol. The van der Waals surface area contributed by atoms with Crippen LogP contribution in [-0.2, 0) is 14.3 Å². The standard InChI is InChI=1S/C22H39N3O4/c1-9-10-13-22(23-16(2)26,18(27)24-20(3,4)5)17-11-14-25(15-12-17)19(28)29-21(6,7)8/h9,17H,1,10-15H2,2-8H3,(H,23,26)(H,24,27)/t22-/m0/s1. The second-order valence-corrected chi connectivity index (χ2v) is 9.93. The Bertz CT molecular complexity index is 611. The molecule has 0 saturated carbocycles. The van der Waals surface area contributed by atoms with Crippen LogP contribution in [0.15, 0.2) is 12.7 Å². The summed E-state index contributed by atoms with van der Waals surface area (Å²) in [6.07, 6.45) is 3.70. The molecule has 0 aromatic carbocycles. The maximum atomic E-state index is 13.4. The first kappa shape index (κ1) is 25.0. The smallest absolute Gasteiger partial charge is 0.410 e. The molecule has 2 N–H and O–H groups in total. The van der Waals surface area contributed by atoms with Crippen molar-refractivity contribution in [3.05, 3.63) is 12.7 Å². The number of carbonyl (C=O) groups excluding carboxylic acids is 3. The normalized spacial score (nSPS) is 17.8. The quantitative estimate of drug-likeness (QED) is 0.658. The maximum absolute atomic E-state index is 13.4. The van der Waals surface area contributed by atoms with Crippen molar-refractivity contribution < 1.29 is 19.1 Å². The second kappa shape index (κ2) is 9.63. The number of nitrogens with zero attached hydrogens (tertiary/aromatic N) is 1. The molecule has 7 heteroatoms. The van der Waals surface area contributed by atoms with Crippen molar-refractivity contribution in [2.45, 2.75) is 90.8 Å². The molecule has 0 aromatic heterocycles. The largest absolute Gasteiger partial charge is 0.444 e. The fraction of sp³-hybridized carbons (Fsp3) is 0.773. The summed E-state index contributed by atoms with van der Waals surface area (Å²) in [5.41, 5.74) is -2.01. The van der Waals surface area contributed by atoms with Crippen LogP contribution in [0.2, 0.25) is 0 Å². The summed E-state index contributed by atoms with van der Waals surface area (Å²) in [7, 11) is 0. The van der Waals surface area contributed by atoms with Gasteiger partial charge in [0.15, 0.2) is 0 Å². The van der Waals surface area contributed by atoms with E-state index in [9.17, 15) is 14.4 Å². The minimum absolute atomic E-state index is 0.0904. The van der Waals surface area contributed by atoms with Crippen LogP contribution in [0.3, 0.4) is 0 Å². The van der Waals surface area contributed by atoms with Gasteiger partial charge in [-0.1, -0.05) is 6.08 Å². The van der Waals surface area contributed by atoms with Gasteiger partial charge in [-0.05, 0) is 73.1 Å². The molecule has 3 amide bonds. The minimum atomic E-state index is -1.03. The van der Waals surface area contributed by atoms with Gasteiger partial charge in [-0.25, -0.2) is 4.79 Å². The summed E-state index contributed by atoms with van der Waals surface area (Å²) in [6, 6.07) is 0. The Morgan fingerprint density at radius 1 is 1.07 bits per heavy atom. The van der Waals surface area contributed by atoms with Crippen LogP contribution in [-0.4, -0.2) is 52.6 Å². The summed E-state index contributed by atoms with van der Waals surface area (Å²) < 4.78 is 5.47. The van der Waals surface area contributed by atoms with Crippen LogP contribution in [0.1, 0.15) is 74.1 Å². The summed E-state index contributed by atoms with van der Waals surface area (Å²) in [5.74, 6) is -0.516. The van der Waals surface area contributed by atoms with E-state index in [2.05, 4.69) is 17.2 Å². The summed E-state index contributed by atoms with van der Waals surface area (Å²) in [6.45, 7) is 17.5. The number of piperidine rings is 1. The molecule has 1 atom stereocenters. The Balaban J connectivity index is 3.07. The van der Waals surface area contributed by atoms with Crippen LogP contribution in [0.4, 0.5) is 4.79 Å². The lowest BCUT2D eigenvalue weighted by Gasteiger charge is -2.45. The average molecular weight is 410 g/mol. The van der Waals surface area contributed by atoms with Crippen molar-refractivity contribution in [2.24, 2.45) is 5.92 Å². The van der Waals surface area contributed by atoms with Crippen molar-refractivity contribution in [1.82, 2.24) is 15.5 Å². The van der Waals surface area contributed by atoms with Gasteiger partial charge >= 0.3 is 6.09 Å². The van der Waals surface area contributed by atoms with Crippen molar-refractivity contribution in [3.8, 4) is 0 Å². The Kier molecular flexibility index (Phi) is 8.30. The Labute approximate surface area is 175 Å². The molecule has 1 aliphatic heterocycles. The molecule has 0 unspecified atom stereocenters. The number of carbonyl (C=O) groups is 3. The maximum Gasteiger partial charge on any atom is 0.410 e. The average Bonchev–Trinajstić information content (AvgIpc) is 2.55. The Morgan fingerprint density at radius 3 is 2.03 bits per heavy atom. The molecule has 0 aliphatic carbocycles. The Morgan fingerprint density at radius 2 is 1.62 bits per heavy atom. The van der Waals surface area contributed by atoms with Gasteiger partial charge in [0.1, 0.15) is 11.1 Å². The molecule has 1 saturated heterocycles. The molecule has 0 aromatic rings. The van der Waals surface area contributed by atoms with Gasteiger partial charge in [0.25, 0.3) is 0 Å². The number of hydrogen-bond acceptors (Lipinski definition) is 4. The molecule has 1 fully saturated rings. The number of hydrogen-bond donors (Lipinski definition) is 2. The van der Waals surface area contributed by atoms with E-state index in [4.69, 9.17) is 4.74 Å². The van der Waals surface area contributed by atoms with Gasteiger partial charge in [0.2, 0.25) is 11.8 Å². The van der Waals surface area contributed by atoms with Crippen molar-refractivity contribution in [2.75, 3.05) is 13.1 Å². The zero-order valence-electron chi connectivity index (χ0n) is 19.2. The molecule has 1 rings (SSSR count). The van der Waals surface area contributed by atoms with E-state index in [1.165, 1.54) is 6.92 Å². The molecule has 0 radical (unpaired) electrons. The van der Waals surface area contributed by atoms with Gasteiger partial charge < -0.3 is 20.3 Å². The van der Waals surface area contributed by atoms with E-state index in [-0.39, 0.29) is 23.8 Å². The van der Waals surface area contributed by atoms with E-state index >= 15 is 0 Å². The number of amides is 3. The summed E-state index contributed by atoms with van der Waals surface area (Å²) in [4.78, 5) is 39.5. The van der Waals surface area contributed by atoms with Crippen LogP contribution >= 0.6 is 0 Å². The van der Waals surface area contributed by atoms with E-state index in [0.717, 1.165) is 0 Å². The minimum Gasteiger partial charge on any atom is -0.444 e. The van der Waals surface area contributed by atoms with Crippen LogP contribution in [0.5, 0.6) is 0 Å². The highest BCUT2D eigenvalue weighted by atomic mass is 16.6. The first-order chi connectivity index (χ1) is 13.2. The van der Waals surface area contributed by atoms with Crippen molar-refractivity contribution in [3.63, 3.8) is 0 Å². The van der Waals surface area contributed by atoms with E-state index in [1.54, 1.807) is 11.0 Å². The number of rotatable bonds is 6. The van der Waals surface area contributed by atoms with Crippen LogP contribution in [0, 0.1) is 5.92 Å². The number of ether oxygens (including phenoxy) is 1. The lowest BCUT2D eigenvalue weighted by molar-refractivity contribution is -0.138. The number of allylic oxidation sites excluding steroid dienone is 1.